The molecule has 3 heteroatoms. The quantitative estimate of drug-likeness (QED) is 0.215. The number of hydrogen-bond acceptors (Lipinski definition) is 2. The molecular formula is C5H12N3+. The number of hydrazine groups is 1. The summed E-state index contributed by atoms with van der Waals surface area (Å²) >= 11 is 0. The van der Waals surface area contributed by atoms with E-state index in [0.29, 0.717) is 0 Å². The van der Waals surface area contributed by atoms with Gasteiger partial charge in [-0.1, -0.05) is 0 Å². The van der Waals surface area contributed by atoms with Gasteiger partial charge in [0.05, 0.1) is 0 Å². The minimum Gasteiger partial charge on any atom is -0.402 e. The lowest BCUT2D eigenvalue weighted by molar-refractivity contribution is -0.469. The summed E-state index contributed by atoms with van der Waals surface area (Å²) in [6, 6.07) is 0. The molecule has 0 bridgehead atoms. The fourth-order valence-corrected chi connectivity index (χ4v) is 0.383. The highest BCUT2D eigenvalue weighted by atomic mass is 15.1. The monoisotopic (exact) mass is 114 g/mol. The summed E-state index contributed by atoms with van der Waals surface area (Å²) < 4.78 is 0. The second kappa shape index (κ2) is 3.07. The van der Waals surface area contributed by atoms with Crippen molar-refractivity contribution < 1.29 is 5.10 Å². The van der Waals surface area contributed by atoms with Gasteiger partial charge < -0.3 is 5.73 Å². The Labute approximate surface area is 49.1 Å². The van der Waals surface area contributed by atoms with E-state index in [2.05, 4.69) is 5.10 Å². The van der Waals surface area contributed by atoms with Gasteiger partial charge in [-0.25, -0.2) is 5.84 Å². The van der Waals surface area contributed by atoms with Crippen molar-refractivity contribution in [2.24, 2.45) is 11.6 Å². The lowest BCUT2D eigenvalue weighted by Crippen LogP contribution is -2.79. The van der Waals surface area contributed by atoms with Crippen molar-refractivity contribution in [1.29, 1.82) is 0 Å². The SMILES string of the molecule is CC(N)=CC(C)=[NH+]N. The summed E-state index contributed by atoms with van der Waals surface area (Å²) in [6.07, 6.45) is 1.76. The maximum atomic E-state index is 5.31. The standard InChI is InChI=1S/C5H11N3/c1-4(6)3-5(2)8-7/h3H,6-7H2,1-2H3/p+1. The number of nitrogens with one attached hydrogen (secondary N) is 1. The van der Waals surface area contributed by atoms with E-state index in [1.54, 1.807) is 13.0 Å². The largest absolute Gasteiger partial charge is 0.402 e. The van der Waals surface area contributed by atoms with Gasteiger partial charge >= 0.3 is 0 Å². The maximum Gasteiger partial charge on any atom is 0.201 e. The zero-order chi connectivity index (χ0) is 6.57. The highest BCUT2D eigenvalue weighted by Crippen LogP contribution is 1.76. The third-order valence-corrected chi connectivity index (χ3v) is 0.672. The molecule has 0 fully saturated rings. The van der Waals surface area contributed by atoms with Crippen LogP contribution < -0.4 is 16.7 Å². The van der Waals surface area contributed by atoms with Crippen molar-refractivity contribution >= 4 is 5.71 Å². The van der Waals surface area contributed by atoms with Crippen LogP contribution in [0.1, 0.15) is 13.8 Å². The Morgan fingerprint density at radius 3 is 2.12 bits per heavy atom. The first-order chi connectivity index (χ1) is 3.66. The van der Waals surface area contributed by atoms with Gasteiger partial charge in [0.15, 0.2) is 0 Å². The Morgan fingerprint density at radius 2 is 2.00 bits per heavy atom. The molecule has 0 atom stereocenters. The van der Waals surface area contributed by atoms with Crippen LogP contribution in [-0.2, 0) is 0 Å². The van der Waals surface area contributed by atoms with Crippen LogP contribution in [0.5, 0.6) is 0 Å². The first-order valence-electron chi connectivity index (χ1n) is 2.40. The molecule has 5 N–H and O–H groups in total. The molecule has 46 valence electrons. The van der Waals surface area contributed by atoms with Crippen LogP contribution in [0.15, 0.2) is 11.8 Å². The van der Waals surface area contributed by atoms with Gasteiger partial charge in [-0.3, -0.25) is 0 Å². The molecule has 0 aliphatic carbocycles. The van der Waals surface area contributed by atoms with Crippen LogP contribution in [0.25, 0.3) is 0 Å². The van der Waals surface area contributed by atoms with E-state index >= 15 is 0 Å². The molecule has 3 nitrogen and oxygen atoms in total. The molecule has 0 saturated carbocycles. The molecule has 8 heavy (non-hydrogen) atoms. The van der Waals surface area contributed by atoms with E-state index in [9.17, 15) is 0 Å². The van der Waals surface area contributed by atoms with Crippen molar-refractivity contribution in [2.45, 2.75) is 13.8 Å². The first-order valence-corrected chi connectivity index (χ1v) is 2.40. The predicted molar refractivity (Wildman–Crippen MR) is 33.8 cm³/mol. The number of nitrogens with two attached hydrogens (primary N) is 2. The smallest absolute Gasteiger partial charge is 0.201 e. The topological polar surface area (TPSA) is 66.0 Å². The highest BCUT2D eigenvalue weighted by molar-refractivity contribution is 5.87. The third kappa shape index (κ3) is 3.21. The number of allylic oxidation sites excluding steroid dienone is 2. The highest BCUT2D eigenvalue weighted by Gasteiger charge is 1.87. The summed E-state index contributed by atoms with van der Waals surface area (Å²) in [5.41, 5.74) is 6.93. The van der Waals surface area contributed by atoms with Gasteiger partial charge in [0, 0.05) is 18.7 Å². The van der Waals surface area contributed by atoms with Gasteiger partial charge in [0.25, 0.3) is 0 Å². The fourth-order valence-electron chi connectivity index (χ4n) is 0.383. The molecule has 0 aliphatic rings. The minimum atomic E-state index is 0.750. The van der Waals surface area contributed by atoms with Crippen molar-refractivity contribution in [3.63, 3.8) is 0 Å². The fraction of sp³-hybridized carbons (Fsp3) is 0.400. The van der Waals surface area contributed by atoms with E-state index in [4.69, 9.17) is 11.6 Å². The van der Waals surface area contributed by atoms with E-state index in [1.807, 2.05) is 6.92 Å². The minimum absolute atomic E-state index is 0.750. The lowest BCUT2D eigenvalue weighted by Gasteiger charge is -1.82. The van der Waals surface area contributed by atoms with Crippen molar-refractivity contribution in [3.05, 3.63) is 11.8 Å². The molecule has 0 aromatic heterocycles. The van der Waals surface area contributed by atoms with E-state index < -0.39 is 0 Å². The third-order valence-electron chi connectivity index (χ3n) is 0.672. The first kappa shape index (κ1) is 7.01. The molecule has 0 unspecified atom stereocenters. The van der Waals surface area contributed by atoms with Crippen LogP contribution in [-0.4, -0.2) is 5.71 Å². The van der Waals surface area contributed by atoms with E-state index in [-0.39, 0.29) is 0 Å². The summed E-state index contributed by atoms with van der Waals surface area (Å²) in [6.45, 7) is 3.65. The number of hydrazone groups is 1. The van der Waals surface area contributed by atoms with Crippen molar-refractivity contribution in [3.8, 4) is 0 Å². The molecule has 0 rings (SSSR count). The maximum absolute atomic E-state index is 5.31. The average Bonchev–Trinajstić information content (AvgIpc) is 1.65. The van der Waals surface area contributed by atoms with Crippen molar-refractivity contribution in [1.82, 2.24) is 0 Å². The van der Waals surface area contributed by atoms with Crippen LogP contribution in [0.2, 0.25) is 0 Å². The van der Waals surface area contributed by atoms with E-state index in [1.165, 1.54) is 0 Å². The Bertz CT molecular complexity index is 120. The van der Waals surface area contributed by atoms with Gasteiger partial charge in [-0.2, -0.15) is 0 Å². The van der Waals surface area contributed by atoms with Crippen molar-refractivity contribution in [2.75, 3.05) is 0 Å². The summed E-state index contributed by atoms with van der Waals surface area (Å²) in [5.74, 6) is 5.03. The average molecular weight is 114 g/mol. The Hall–Kier alpha value is -0.990. The van der Waals surface area contributed by atoms with E-state index in [0.717, 1.165) is 11.4 Å². The number of rotatable bonds is 1. The molecule has 0 aromatic carbocycles. The normalized spacial score (nSPS) is 14.2. The van der Waals surface area contributed by atoms with Gasteiger partial charge in [0.2, 0.25) is 5.71 Å². The molecular weight excluding hydrogens is 102 g/mol. The predicted octanol–water partition coefficient (Wildman–Crippen LogP) is -1.74. The molecule has 0 amide bonds. The molecule has 0 saturated heterocycles. The van der Waals surface area contributed by atoms with Gasteiger partial charge in [-0.15, -0.1) is 5.10 Å². The van der Waals surface area contributed by atoms with Crippen LogP contribution in [0.3, 0.4) is 0 Å². The lowest BCUT2D eigenvalue weighted by atomic mass is 10.3. The summed E-state index contributed by atoms with van der Waals surface area (Å²) in [5, 5.41) is 2.46. The zero-order valence-corrected chi connectivity index (χ0v) is 5.23. The number of hydrogen-bond donors (Lipinski definition) is 3. The molecule has 0 spiro atoms. The van der Waals surface area contributed by atoms with Crippen LogP contribution in [0, 0.1) is 0 Å². The molecule has 0 heterocycles. The molecule has 0 radical (unpaired) electrons. The molecule has 0 aliphatic heterocycles. The van der Waals surface area contributed by atoms with Gasteiger partial charge in [0.1, 0.15) is 0 Å². The second-order valence-electron chi connectivity index (χ2n) is 1.72. The van der Waals surface area contributed by atoms with Gasteiger partial charge in [-0.05, 0) is 6.92 Å². The Kier molecular flexibility index (Phi) is 2.69. The van der Waals surface area contributed by atoms with Crippen LogP contribution in [0.4, 0.5) is 0 Å². The second-order valence-corrected chi connectivity index (χ2v) is 1.72. The zero-order valence-electron chi connectivity index (χ0n) is 5.23. The summed E-state index contributed by atoms with van der Waals surface area (Å²) in [7, 11) is 0. The Balaban J connectivity index is 3.89. The summed E-state index contributed by atoms with van der Waals surface area (Å²) in [4.78, 5) is 0. The molecule has 0 aromatic rings. The Morgan fingerprint density at radius 1 is 1.50 bits per heavy atom. The van der Waals surface area contributed by atoms with Crippen LogP contribution >= 0.6 is 0 Å².